The Labute approximate surface area is 155 Å². The van der Waals surface area contributed by atoms with E-state index in [0.717, 1.165) is 15.8 Å². The van der Waals surface area contributed by atoms with E-state index < -0.39 is 0 Å². The third kappa shape index (κ3) is 3.72. The topological polar surface area (TPSA) is 62.0 Å². The summed E-state index contributed by atoms with van der Waals surface area (Å²) < 4.78 is 19.0. The van der Waals surface area contributed by atoms with Gasteiger partial charge in [-0.15, -0.1) is 0 Å². The maximum atomic E-state index is 12.2. The largest absolute Gasteiger partial charge is 0.493 e. The number of aryl methyl sites for hydroxylation is 2. The summed E-state index contributed by atoms with van der Waals surface area (Å²) in [4.78, 5) is 17.0. The number of rotatable bonds is 5. The number of amides is 1. The first-order chi connectivity index (χ1) is 12.5. The zero-order valence-electron chi connectivity index (χ0n) is 15.1. The van der Waals surface area contributed by atoms with Crippen molar-refractivity contribution in [1.82, 2.24) is 4.57 Å². The highest BCUT2D eigenvalue weighted by Gasteiger charge is 2.11. The smallest absolute Gasteiger partial charge is 0.286 e. The lowest BCUT2D eigenvalue weighted by molar-refractivity contribution is -0.120. The summed E-state index contributed by atoms with van der Waals surface area (Å²) in [6, 6.07) is 11.3. The fourth-order valence-corrected chi connectivity index (χ4v) is 3.60. The van der Waals surface area contributed by atoms with Gasteiger partial charge in [0.05, 0.1) is 24.4 Å². The van der Waals surface area contributed by atoms with Crippen LogP contribution < -0.4 is 19.0 Å². The molecule has 0 aliphatic rings. The molecule has 0 N–H and O–H groups in total. The molecule has 3 rings (SSSR count). The maximum Gasteiger partial charge on any atom is 0.286 e. The van der Waals surface area contributed by atoms with Gasteiger partial charge in [-0.2, -0.15) is 4.99 Å². The van der Waals surface area contributed by atoms with E-state index in [1.165, 1.54) is 11.3 Å². The monoisotopic (exact) mass is 372 g/mol. The summed E-state index contributed by atoms with van der Waals surface area (Å²) in [5.74, 6) is 1.59. The Bertz CT molecular complexity index is 1020. The van der Waals surface area contributed by atoms with Gasteiger partial charge < -0.3 is 18.8 Å². The number of aromatic nitrogens is 1. The molecule has 3 aromatic rings. The van der Waals surface area contributed by atoms with Crippen LogP contribution in [-0.4, -0.2) is 31.3 Å². The van der Waals surface area contributed by atoms with Crippen molar-refractivity contribution in [3.05, 3.63) is 46.8 Å². The van der Waals surface area contributed by atoms with Crippen LogP contribution in [0.3, 0.4) is 0 Å². The van der Waals surface area contributed by atoms with E-state index in [-0.39, 0.29) is 12.5 Å². The molecule has 0 saturated heterocycles. The van der Waals surface area contributed by atoms with Gasteiger partial charge in [0.2, 0.25) is 0 Å². The van der Waals surface area contributed by atoms with Crippen LogP contribution in [0.2, 0.25) is 0 Å². The predicted octanol–water partition coefficient (Wildman–Crippen LogP) is 3.07. The standard InChI is InChI=1S/C19H20N2O4S/c1-12-6-5-7-13(8-12)25-11-18(22)20-19-21(2)14-9-15(23-3)16(24-4)10-17(14)26-19/h5-10H,11H2,1-4H3. The van der Waals surface area contributed by atoms with E-state index in [0.29, 0.717) is 22.0 Å². The SMILES string of the molecule is COc1cc2sc(=NC(=O)COc3cccc(C)c3)n(C)c2cc1OC. The van der Waals surface area contributed by atoms with Gasteiger partial charge >= 0.3 is 0 Å². The van der Waals surface area contributed by atoms with Gasteiger partial charge in [0.25, 0.3) is 5.91 Å². The minimum atomic E-state index is -0.340. The van der Waals surface area contributed by atoms with Gasteiger partial charge in [-0.25, -0.2) is 0 Å². The predicted molar refractivity (Wildman–Crippen MR) is 101 cm³/mol. The molecule has 26 heavy (non-hydrogen) atoms. The summed E-state index contributed by atoms with van der Waals surface area (Å²) in [5.41, 5.74) is 1.99. The van der Waals surface area contributed by atoms with Crippen molar-refractivity contribution in [3.63, 3.8) is 0 Å². The molecule has 0 atom stereocenters. The number of thiazole rings is 1. The molecule has 7 heteroatoms. The van der Waals surface area contributed by atoms with Crippen LogP contribution in [0.4, 0.5) is 0 Å². The van der Waals surface area contributed by atoms with Crippen LogP contribution in [0.15, 0.2) is 41.4 Å². The first-order valence-electron chi connectivity index (χ1n) is 8.00. The Kier molecular flexibility index (Phi) is 5.27. The molecule has 136 valence electrons. The van der Waals surface area contributed by atoms with Crippen molar-refractivity contribution in [2.24, 2.45) is 12.0 Å². The molecule has 0 bridgehead atoms. The van der Waals surface area contributed by atoms with E-state index in [4.69, 9.17) is 14.2 Å². The van der Waals surface area contributed by atoms with Crippen molar-refractivity contribution < 1.29 is 19.0 Å². The minimum Gasteiger partial charge on any atom is -0.493 e. The zero-order valence-corrected chi connectivity index (χ0v) is 15.9. The zero-order chi connectivity index (χ0) is 18.7. The van der Waals surface area contributed by atoms with Gasteiger partial charge in [0.15, 0.2) is 22.9 Å². The summed E-state index contributed by atoms with van der Waals surface area (Å²) in [5, 5.41) is 0. The maximum absolute atomic E-state index is 12.2. The molecule has 0 aliphatic carbocycles. The normalized spacial score (nSPS) is 11.6. The molecule has 0 fully saturated rings. The summed E-state index contributed by atoms with van der Waals surface area (Å²) >= 11 is 1.41. The number of hydrogen-bond acceptors (Lipinski definition) is 5. The van der Waals surface area contributed by atoms with Gasteiger partial charge in [-0.3, -0.25) is 4.79 Å². The van der Waals surface area contributed by atoms with Crippen molar-refractivity contribution in [3.8, 4) is 17.2 Å². The molecule has 6 nitrogen and oxygen atoms in total. The lowest BCUT2D eigenvalue weighted by atomic mass is 10.2. The molecule has 0 saturated carbocycles. The van der Waals surface area contributed by atoms with Gasteiger partial charge in [-0.1, -0.05) is 23.5 Å². The molecule has 0 spiro atoms. The van der Waals surface area contributed by atoms with Crippen LogP contribution in [0, 0.1) is 6.92 Å². The Morgan fingerprint density at radius 1 is 1.15 bits per heavy atom. The van der Waals surface area contributed by atoms with E-state index in [1.807, 2.05) is 54.9 Å². The molecule has 1 amide bonds. The van der Waals surface area contributed by atoms with Crippen molar-refractivity contribution in [2.75, 3.05) is 20.8 Å². The minimum absolute atomic E-state index is 0.107. The van der Waals surface area contributed by atoms with Crippen LogP contribution >= 0.6 is 11.3 Å². The van der Waals surface area contributed by atoms with Gasteiger partial charge in [-0.05, 0) is 24.6 Å². The van der Waals surface area contributed by atoms with Crippen molar-refractivity contribution in [1.29, 1.82) is 0 Å². The van der Waals surface area contributed by atoms with Crippen LogP contribution in [-0.2, 0) is 11.8 Å². The summed E-state index contributed by atoms with van der Waals surface area (Å²) in [7, 11) is 5.04. The fraction of sp³-hybridized carbons (Fsp3) is 0.263. The van der Waals surface area contributed by atoms with Crippen LogP contribution in [0.5, 0.6) is 17.2 Å². The summed E-state index contributed by atoms with van der Waals surface area (Å²) in [6.07, 6.45) is 0. The number of carbonyl (C=O) groups excluding carboxylic acids is 1. The first kappa shape index (κ1) is 18.0. The second-order valence-electron chi connectivity index (χ2n) is 5.73. The highest BCUT2D eigenvalue weighted by molar-refractivity contribution is 7.16. The number of benzene rings is 2. The number of carbonyl (C=O) groups is 1. The lowest BCUT2D eigenvalue weighted by Crippen LogP contribution is -2.17. The third-order valence-electron chi connectivity index (χ3n) is 3.89. The fourth-order valence-electron chi connectivity index (χ4n) is 2.55. The van der Waals surface area contributed by atoms with Crippen LogP contribution in [0.1, 0.15) is 5.56 Å². The molecular formula is C19H20N2O4S. The van der Waals surface area contributed by atoms with Crippen molar-refractivity contribution >= 4 is 27.5 Å². The third-order valence-corrected chi connectivity index (χ3v) is 4.98. The molecule has 1 heterocycles. The van der Waals surface area contributed by atoms with E-state index in [2.05, 4.69) is 4.99 Å². The van der Waals surface area contributed by atoms with E-state index >= 15 is 0 Å². The highest BCUT2D eigenvalue weighted by Crippen LogP contribution is 2.32. The Morgan fingerprint density at radius 2 is 1.88 bits per heavy atom. The number of hydrogen-bond donors (Lipinski definition) is 0. The molecular weight excluding hydrogens is 352 g/mol. The van der Waals surface area contributed by atoms with Crippen molar-refractivity contribution in [2.45, 2.75) is 6.92 Å². The second-order valence-corrected chi connectivity index (χ2v) is 6.74. The molecule has 0 aliphatic heterocycles. The van der Waals surface area contributed by atoms with Gasteiger partial charge in [0, 0.05) is 19.2 Å². The van der Waals surface area contributed by atoms with E-state index in [9.17, 15) is 4.79 Å². The second kappa shape index (κ2) is 7.61. The highest BCUT2D eigenvalue weighted by atomic mass is 32.1. The summed E-state index contributed by atoms with van der Waals surface area (Å²) in [6.45, 7) is 1.86. The molecule has 1 aromatic heterocycles. The average molecular weight is 372 g/mol. The van der Waals surface area contributed by atoms with Gasteiger partial charge in [0.1, 0.15) is 5.75 Å². The Morgan fingerprint density at radius 3 is 2.58 bits per heavy atom. The average Bonchev–Trinajstić information content (AvgIpc) is 2.93. The number of fused-ring (bicyclic) bond motifs is 1. The van der Waals surface area contributed by atoms with E-state index in [1.54, 1.807) is 14.2 Å². The quantitative estimate of drug-likeness (QED) is 0.691. The molecule has 0 unspecified atom stereocenters. The first-order valence-corrected chi connectivity index (χ1v) is 8.82. The number of nitrogens with zero attached hydrogens (tertiary/aromatic N) is 2. The molecule has 2 aromatic carbocycles. The lowest BCUT2D eigenvalue weighted by Gasteiger charge is -2.07. The number of methoxy groups -OCH3 is 2. The Balaban J connectivity index is 1.86. The van der Waals surface area contributed by atoms with Crippen LogP contribution in [0.25, 0.3) is 10.2 Å². The Hall–Kier alpha value is -2.80. The number of ether oxygens (including phenoxy) is 3. The molecule has 0 radical (unpaired) electrons.